The first-order chi connectivity index (χ1) is 10.2. The summed E-state index contributed by atoms with van der Waals surface area (Å²) in [7, 11) is 0. The van der Waals surface area contributed by atoms with Crippen molar-refractivity contribution in [3.8, 4) is 5.88 Å². The Morgan fingerprint density at radius 2 is 2.19 bits per heavy atom. The summed E-state index contributed by atoms with van der Waals surface area (Å²) in [5.74, 6) is 0.454. The summed E-state index contributed by atoms with van der Waals surface area (Å²) >= 11 is 3.32. The third kappa shape index (κ3) is 3.36. The van der Waals surface area contributed by atoms with Crippen molar-refractivity contribution in [1.29, 1.82) is 0 Å². The second-order valence-electron chi connectivity index (χ2n) is 4.72. The van der Waals surface area contributed by atoms with Crippen molar-refractivity contribution < 1.29 is 9.53 Å². The molecule has 1 amide bonds. The van der Waals surface area contributed by atoms with Gasteiger partial charge >= 0.3 is 0 Å². The monoisotopic (exact) mass is 348 g/mol. The third-order valence-corrected chi connectivity index (χ3v) is 3.64. The molecule has 0 aliphatic carbocycles. The van der Waals surface area contributed by atoms with E-state index in [9.17, 15) is 4.79 Å². The molecule has 2 aromatic heterocycles. The highest BCUT2D eigenvalue weighted by Crippen LogP contribution is 2.19. The van der Waals surface area contributed by atoms with Crippen LogP contribution in [0.15, 0.2) is 41.5 Å². The molecule has 0 radical (unpaired) electrons. The lowest BCUT2D eigenvalue weighted by atomic mass is 10.2. The van der Waals surface area contributed by atoms with E-state index in [4.69, 9.17) is 4.74 Å². The van der Waals surface area contributed by atoms with Crippen molar-refractivity contribution in [1.82, 2.24) is 19.9 Å². The topological polar surface area (TPSA) is 68.2 Å². The third-order valence-electron chi connectivity index (χ3n) is 3.21. The second-order valence-corrected chi connectivity index (χ2v) is 5.63. The Morgan fingerprint density at radius 1 is 1.29 bits per heavy atom. The van der Waals surface area contributed by atoms with Crippen molar-refractivity contribution in [3.63, 3.8) is 0 Å². The van der Waals surface area contributed by atoms with Gasteiger partial charge in [-0.25, -0.2) is 4.98 Å². The highest BCUT2D eigenvalue weighted by Gasteiger charge is 2.28. The molecule has 1 atom stereocenters. The van der Waals surface area contributed by atoms with Crippen LogP contribution in [0.1, 0.15) is 16.8 Å². The number of ether oxygens (including phenoxy) is 1. The Labute approximate surface area is 130 Å². The summed E-state index contributed by atoms with van der Waals surface area (Å²) in [6.07, 6.45) is 8.71. The van der Waals surface area contributed by atoms with Gasteiger partial charge in [0.1, 0.15) is 6.10 Å². The molecule has 0 spiro atoms. The van der Waals surface area contributed by atoms with Crippen LogP contribution in [0.2, 0.25) is 0 Å². The number of carbonyl (C=O) groups excluding carboxylic acids is 1. The van der Waals surface area contributed by atoms with E-state index in [1.165, 1.54) is 0 Å². The number of rotatable bonds is 3. The molecule has 0 bridgehead atoms. The van der Waals surface area contributed by atoms with Crippen molar-refractivity contribution in [2.24, 2.45) is 0 Å². The lowest BCUT2D eigenvalue weighted by Crippen LogP contribution is -2.31. The zero-order valence-electron chi connectivity index (χ0n) is 11.1. The normalized spacial score (nSPS) is 17.8. The van der Waals surface area contributed by atoms with Crippen molar-refractivity contribution >= 4 is 21.8 Å². The fourth-order valence-corrected chi connectivity index (χ4v) is 2.60. The summed E-state index contributed by atoms with van der Waals surface area (Å²) in [4.78, 5) is 26.2. The maximum absolute atomic E-state index is 12.4. The van der Waals surface area contributed by atoms with Crippen LogP contribution in [-0.2, 0) is 0 Å². The van der Waals surface area contributed by atoms with Gasteiger partial charge in [-0.15, -0.1) is 0 Å². The molecule has 1 saturated heterocycles. The van der Waals surface area contributed by atoms with Crippen LogP contribution in [0, 0.1) is 0 Å². The summed E-state index contributed by atoms with van der Waals surface area (Å²) in [5.41, 5.74) is 0.574. The van der Waals surface area contributed by atoms with E-state index in [1.54, 1.807) is 42.0 Å². The standard InChI is InChI=1S/C14H13BrN4O2/c15-11-5-10(6-17-7-11)14(20)19-4-1-12(9-19)21-13-8-16-2-3-18-13/h2-3,5-8,12H,1,4,9H2. The number of carbonyl (C=O) groups is 1. The minimum absolute atomic E-state index is 0.0333. The molecule has 1 unspecified atom stereocenters. The predicted molar refractivity (Wildman–Crippen MR) is 78.9 cm³/mol. The molecule has 3 heterocycles. The minimum Gasteiger partial charge on any atom is -0.471 e. The molecular weight excluding hydrogens is 336 g/mol. The number of hydrogen-bond donors (Lipinski definition) is 0. The molecule has 1 fully saturated rings. The Bertz CT molecular complexity index is 638. The van der Waals surface area contributed by atoms with Gasteiger partial charge in [-0.05, 0) is 22.0 Å². The van der Waals surface area contributed by atoms with Crippen LogP contribution in [0.4, 0.5) is 0 Å². The summed E-state index contributed by atoms with van der Waals surface area (Å²) in [5, 5.41) is 0. The average molecular weight is 349 g/mol. The predicted octanol–water partition coefficient (Wildman–Crippen LogP) is 1.93. The molecule has 0 aromatic carbocycles. The van der Waals surface area contributed by atoms with Gasteiger partial charge in [-0.3, -0.25) is 14.8 Å². The fraction of sp³-hybridized carbons (Fsp3) is 0.286. The molecule has 0 saturated carbocycles. The van der Waals surface area contributed by atoms with Gasteiger partial charge in [-0.2, -0.15) is 0 Å². The molecule has 108 valence electrons. The lowest BCUT2D eigenvalue weighted by molar-refractivity contribution is 0.0770. The largest absolute Gasteiger partial charge is 0.471 e. The van der Waals surface area contributed by atoms with Crippen LogP contribution >= 0.6 is 15.9 Å². The molecule has 0 N–H and O–H groups in total. The van der Waals surface area contributed by atoms with Gasteiger partial charge in [0, 0.05) is 42.2 Å². The highest BCUT2D eigenvalue weighted by atomic mass is 79.9. The maximum Gasteiger partial charge on any atom is 0.255 e. The Balaban J connectivity index is 1.63. The second kappa shape index (κ2) is 6.17. The van der Waals surface area contributed by atoms with Gasteiger partial charge in [0.25, 0.3) is 5.91 Å². The van der Waals surface area contributed by atoms with E-state index in [-0.39, 0.29) is 12.0 Å². The first-order valence-corrected chi connectivity index (χ1v) is 7.34. The van der Waals surface area contributed by atoms with Gasteiger partial charge in [0.15, 0.2) is 0 Å². The van der Waals surface area contributed by atoms with E-state index in [0.29, 0.717) is 24.5 Å². The Morgan fingerprint density at radius 3 is 2.95 bits per heavy atom. The number of amides is 1. The molecule has 1 aliphatic heterocycles. The lowest BCUT2D eigenvalue weighted by Gasteiger charge is -2.16. The van der Waals surface area contributed by atoms with Crippen molar-refractivity contribution in [3.05, 3.63) is 47.1 Å². The Hall–Kier alpha value is -2.02. The van der Waals surface area contributed by atoms with Crippen LogP contribution in [0.25, 0.3) is 0 Å². The number of likely N-dealkylation sites (tertiary alicyclic amines) is 1. The van der Waals surface area contributed by atoms with Crippen LogP contribution in [-0.4, -0.2) is 45.0 Å². The van der Waals surface area contributed by atoms with E-state index < -0.39 is 0 Å². The zero-order valence-corrected chi connectivity index (χ0v) is 12.7. The molecule has 7 heteroatoms. The number of hydrogen-bond acceptors (Lipinski definition) is 5. The fourth-order valence-electron chi connectivity index (χ4n) is 2.24. The summed E-state index contributed by atoms with van der Waals surface area (Å²) in [6, 6.07) is 1.77. The molecule has 2 aromatic rings. The zero-order chi connectivity index (χ0) is 14.7. The number of pyridine rings is 1. The molecule has 3 rings (SSSR count). The SMILES string of the molecule is O=C(c1cncc(Br)c1)N1CCC(Oc2cnccn2)C1. The first-order valence-electron chi connectivity index (χ1n) is 6.55. The summed E-state index contributed by atoms with van der Waals surface area (Å²) < 4.78 is 6.51. The van der Waals surface area contributed by atoms with Crippen LogP contribution < -0.4 is 4.74 Å². The minimum atomic E-state index is -0.0502. The van der Waals surface area contributed by atoms with Crippen molar-refractivity contribution in [2.45, 2.75) is 12.5 Å². The van der Waals surface area contributed by atoms with Gasteiger partial charge < -0.3 is 9.64 Å². The molecule has 1 aliphatic rings. The smallest absolute Gasteiger partial charge is 0.255 e. The Kier molecular flexibility index (Phi) is 4.10. The van der Waals surface area contributed by atoms with Gasteiger partial charge in [-0.1, -0.05) is 0 Å². The van der Waals surface area contributed by atoms with Crippen LogP contribution in [0.5, 0.6) is 5.88 Å². The van der Waals surface area contributed by atoms with E-state index in [1.807, 2.05) is 0 Å². The van der Waals surface area contributed by atoms with Crippen LogP contribution in [0.3, 0.4) is 0 Å². The van der Waals surface area contributed by atoms with E-state index in [0.717, 1.165) is 10.9 Å². The van der Waals surface area contributed by atoms with E-state index in [2.05, 4.69) is 30.9 Å². The molecule has 21 heavy (non-hydrogen) atoms. The van der Waals surface area contributed by atoms with Gasteiger partial charge in [0.05, 0.1) is 18.3 Å². The number of halogens is 1. The first kappa shape index (κ1) is 13.9. The number of aromatic nitrogens is 3. The molecular formula is C14H13BrN4O2. The summed E-state index contributed by atoms with van der Waals surface area (Å²) in [6.45, 7) is 1.21. The molecule has 6 nitrogen and oxygen atoms in total. The highest BCUT2D eigenvalue weighted by molar-refractivity contribution is 9.10. The number of nitrogens with zero attached hydrogens (tertiary/aromatic N) is 4. The average Bonchev–Trinajstić information content (AvgIpc) is 2.96. The van der Waals surface area contributed by atoms with Gasteiger partial charge in [0.2, 0.25) is 5.88 Å². The quantitative estimate of drug-likeness (QED) is 0.847. The van der Waals surface area contributed by atoms with E-state index >= 15 is 0 Å². The van der Waals surface area contributed by atoms with Crippen molar-refractivity contribution in [2.75, 3.05) is 13.1 Å². The maximum atomic E-state index is 12.4.